The van der Waals surface area contributed by atoms with E-state index >= 15 is 0 Å². The summed E-state index contributed by atoms with van der Waals surface area (Å²) >= 11 is 0. The van der Waals surface area contributed by atoms with E-state index < -0.39 is 10.9 Å². The van der Waals surface area contributed by atoms with Crippen LogP contribution in [0.4, 0.5) is 5.69 Å². The lowest BCUT2D eigenvalue weighted by Crippen LogP contribution is -2.02. The maximum Gasteiger partial charge on any atom is 0.310 e. The van der Waals surface area contributed by atoms with Gasteiger partial charge in [0.1, 0.15) is 0 Å². The minimum absolute atomic E-state index is 0.103. The Balaban J connectivity index is 3.06. The zero-order valence-corrected chi connectivity index (χ0v) is 8.67. The van der Waals surface area contributed by atoms with Crippen molar-refractivity contribution in [2.45, 2.75) is 13.3 Å². The summed E-state index contributed by atoms with van der Waals surface area (Å²) < 4.78 is 5.09. The Hall–Kier alpha value is -2.11. The van der Waals surface area contributed by atoms with Crippen LogP contribution < -0.4 is 4.74 Å². The Kier molecular flexibility index (Phi) is 3.82. The van der Waals surface area contributed by atoms with E-state index in [1.165, 1.54) is 18.2 Å². The number of benzene rings is 1. The van der Waals surface area contributed by atoms with E-state index in [9.17, 15) is 14.9 Å². The van der Waals surface area contributed by atoms with Crippen molar-refractivity contribution in [1.29, 1.82) is 0 Å². The van der Waals surface area contributed by atoms with Crippen molar-refractivity contribution in [2.75, 3.05) is 6.61 Å². The Morgan fingerprint density at radius 2 is 2.25 bits per heavy atom. The second-order valence-corrected chi connectivity index (χ2v) is 3.06. The lowest BCUT2D eigenvalue weighted by atomic mass is 10.1. The molecule has 1 rings (SSSR count). The van der Waals surface area contributed by atoms with Gasteiger partial charge in [0.05, 0.1) is 18.0 Å². The van der Waals surface area contributed by atoms with E-state index in [-0.39, 0.29) is 24.5 Å². The lowest BCUT2D eigenvalue weighted by molar-refractivity contribution is -0.385. The van der Waals surface area contributed by atoms with Crippen molar-refractivity contribution in [1.82, 2.24) is 0 Å². The van der Waals surface area contributed by atoms with E-state index in [4.69, 9.17) is 9.84 Å². The van der Waals surface area contributed by atoms with Gasteiger partial charge in [-0.25, -0.2) is 0 Å². The summed E-state index contributed by atoms with van der Waals surface area (Å²) in [6.45, 7) is 1.99. The molecule has 0 bridgehead atoms. The molecule has 0 aliphatic carbocycles. The van der Waals surface area contributed by atoms with Gasteiger partial charge in [-0.15, -0.1) is 0 Å². The first-order chi connectivity index (χ1) is 7.54. The van der Waals surface area contributed by atoms with Gasteiger partial charge in [0.25, 0.3) is 0 Å². The van der Waals surface area contributed by atoms with Crippen LogP contribution in [0, 0.1) is 10.1 Å². The predicted molar refractivity (Wildman–Crippen MR) is 55.6 cm³/mol. The average molecular weight is 225 g/mol. The number of aliphatic carboxylic acids is 1. The third-order valence-electron chi connectivity index (χ3n) is 1.88. The van der Waals surface area contributed by atoms with Crippen LogP contribution in [0.15, 0.2) is 18.2 Å². The molecule has 1 aromatic rings. The molecule has 0 saturated heterocycles. The number of ether oxygens (including phenoxy) is 1. The zero-order chi connectivity index (χ0) is 12.1. The molecule has 86 valence electrons. The van der Waals surface area contributed by atoms with Crippen LogP contribution in [0.5, 0.6) is 5.75 Å². The fourth-order valence-corrected chi connectivity index (χ4v) is 1.27. The van der Waals surface area contributed by atoms with Crippen LogP contribution >= 0.6 is 0 Å². The summed E-state index contributed by atoms with van der Waals surface area (Å²) in [5.41, 5.74) is 0.317. The van der Waals surface area contributed by atoms with Crippen LogP contribution in [0.2, 0.25) is 0 Å². The standard InChI is InChI=1S/C10H11NO5/c1-2-16-9-5-7(6-10(12)13)3-4-8(9)11(14)15/h3-5H,2,6H2,1H3,(H,12,13). The molecule has 0 radical (unpaired) electrons. The van der Waals surface area contributed by atoms with E-state index in [0.717, 1.165) is 0 Å². The van der Waals surface area contributed by atoms with E-state index in [2.05, 4.69) is 0 Å². The summed E-state index contributed by atoms with van der Waals surface area (Å²) in [7, 11) is 0. The maximum absolute atomic E-state index is 10.6. The first-order valence-corrected chi connectivity index (χ1v) is 4.66. The summed E-state index contributed by atoms with van der Waals surface area (Å²) in [5, 5.41) is 19.2. The lowest BCUT2D eigenvalue weighted by Gasteiger charge is -2.05. The molecule has 0 saturated carbocycles. The third-order valence-corrected chi connectivity index (χ3v) is 1.88. The van der Waals surface area contributed by atoms with Crippen molar-refractivity contribution >= 4 is 11.7 Å². The number of carbonyl (C=O) groups is 1. The van der Waals surface area contributed by atoms with Crippen molar-refractivity contribution in [2.24, 2.45) is 0 Å². The molecule has 6 nitrogen and oxygen atoms in total. The quantitative estimate of drug-likeness (QED) is 0.607. The molecule has 0 atom stereocenters. The van der Waals surface area contributed by atoms with Gasteiger partial charge in [-0.2, -0.15) is 0 Å². The second kappa shape index (κ2) is 5.11. The summed E-state index contributed by atoms with van der Waals surface area (Å²) in [6, 6.07) is 4.05. The number of rotatable bonds is 5. The van der Waals surface area contributed by atoms with E-state index in [1.807, 2.05) is 0 Å². The molecule has 0 fully saturated rings. The van der Waals surface area contributed by atoms with Crippen LogP contribution in [0.1, 0.15) is 12.5 Å². The number of carboxylic acid groups (broad SMARTS) is 1. The van der Waals surface area contributed by atoms with Gasteiger partial charge < -0.3 is 9.84 Å². The molecule has 1 N–H and O–H groups in total. The van der Waals surface area contributed by atoms with Crippen molar-refractivity contribution in [3.8, 4) is 5.75 Å². The molecule has 16 heavy (non-hydrogen) atoms. The van der Waals surface area contributed by atoms with Gasteiger partial charge in [0.2, 0.25) is 0 Å². The summed E-state index contributed by atoms with van der Waals surface area (Å²) in [6.07, 6.45) is -0.182. The number of nitro benzene ring substituents is 1. The molecule has 6 heteroatoms. The topological polar surface area (TPSA) is 89.7 Å². The number of hydrogen-bond acceptors (Lipinski definition) is 4. The predicted octanol–water partition coefficient (Wildman–Crippen LogP) is 1.62. The SMILES string of the molecule is CCOc1cc(CC(=O)O)ccc1[N+](=O)[O-]. The first kappa shape index (κ1) is 12.0. The van der Waals surface area contributed by atoms with Crippen LogP contribution in [-0.2, 0) is 11.2 Å². The van der Waals surface area contributed by atoms with Crippen LogP contribution in [-0.4, -0.2) is 22.6 Å². The van der Waals surface area contributed by atoms with E-state index in [0.29, 0.717) is 5.56 Å². The third kappa shape index (κ3) is 2.94. The van der Waals surface area contributed by atoms with Gasteiger partial charge in [0, 0.05) is 6.07 Å². The minimum Gasteiger partial charge on any atom is -0.487 e. The average Bonchev–Trinajstić information content (AvgIpc) is 2.17. The highest BCUT2D eigenvalue weighted by Gasteiger charge is 2.15. The number of nitrogens with zero attached hydrogens (tertiary/aromatic N) is 1. The fourth-order valence-electron chi connectivity index (χ4n) is 1.27. The molecule has 1 aromatic carbocycles. The van der Waals surface area contributed by atoms with Crippen LogP contribution in [0.25, 0.3) is 0 Å². The number of hydrogen-bond donors (Lipinski definition) is 1. The van der Waals surface area contributed by atoms with Gasteiger partial charge in [-0.05, 0) is 18.6 Å². The molecular formula is C10H11NO5. The number of carboxylic acids is 1. The minimum atomic E-state index is -0.990. The maximum atomic E-state index is 10.6. The Labute approximate surface area is 91.6 Å². The zero-order valence-electron chi connectivity index (χ0n) is 8.67. The van der Waals surface area contributed by atoms with Gasteiger partial charge in [-0.3, -0.25) is 14.9 Å². The van der Waals surface area contributed by atoms with Crippen molar-refractivity contribution in [3.05, 3.63) is 33.9 Å². The van der Waals surface area contributed by atoms with Crippen LogP contribution in [0.3, 0.4) is 0 Å². The monoisotopic (exact) mass is 225 g/mol. The van der Waals surface area contributed by atoms with E-state index in [1.54, 1.807) is 6.92 Å². The number of nitro groups is 1. The molecule has 0 heterocycles. The Morgan fingerprint density at radius 1 is 1.56 bits per heavy atom. The second-order valence-electron chi connectivity index (χ2n) is 3.06. The Morgan fingerprint density at radius 3 is 2.75 bits per heavy atom. The normalized spacial score (nSPS) is 9.81. The highest BCUT2D eigenvalue weighted by Crippen LogP contribution is 2.28. The molecule has 0 amide bonds. The summed E-state index contributed by atoms with van der Waals surface area (Å²) in [5.74, 6) is -0.887. The largest absolute Gasteiger partial charge is 0.487 e. The molecule has 0 spiro atoms. The molecule has 0 aliphatic rings. The molecule has 0 unspecified atom stereocenters. The smallest absolute Gasteiger partial charge is 0.310 e. The van der Waals surface area contributed by atoms with Gasteiger partial charge >= 0.3 is 11.7 Å². The highest BCUT2D eigenvalue weighted by atomic mass is 16.6. The fraction of sp³-hybridized carbons (Fsp3) is 0.300. The molecule has 0 aromatic heterocycles. The van der Waals surface area contributed by atoms with Crippen molar-refractivity contribution < 1.29 is 19.6 Å². The molecule has 0 aliphatic heterocycles. The molecular weight excluding hydrogens is 214 g/mol. The Bertz CT molecular complexity index is 416. The first-order valence-electron chi connectivity index (χ1n) is 4.66. The highest BCUT2D eigenvalue weighted by molar-refractivity contribution is 5.70. The summed E-state index contributed by atoms with van der Waals surface area (Å²) in [4.78, 5) is 20.6. The van der Waals surface area contributed by atoms with Gasteiger partial charge in [-0.1, -0.05) is 6.07 Å². The van der Waals surface area contributed by atoms with Gasteiger partial charge in [0.15, 0.2) is 5.75 Å². The van der Waals surface area contributed by atoms with Crippen molar-refractivity contribution in [3.63, 3.8) is 0 Å².